The SMILES string of the molecule is CC(C)(C#Cc1ccc(CC(=O)CSc2nnc(C(F)(F)F)n2-c2ccc(C3CC3)cc2Cl)c(Cl)c1)C(=O)O.FC(F)(F)c1n[nH]c(=S)n1-c1ccc(C2CC2)cc1Cl.Nc1ccc(C2CC2)cc1Cl.S=C=Nc1ccc(C2CC2)cc1Cl. The van der Waals surface area contributed by atoms with E-state index in [2.05, 4.69) is 66.7 Å². The number of nitrogens with zero attached hydrogens (tertiary/aromatic N) is 6. The van der Waals surface area contributed by atoms with Crippen LogP contribution in [-0.4, -0.2) is 57.3 Å². The number of nitrogens with one attached hydrogen (secondary N) is 1. The van der Waals surface area contributed by atoms with Crippen molar-refractivity contribution in [2.24, 2.45) is 10.4 Å². The average Bonchev–Trinajstić information content (AvgIpc) is 4.43. The maximum absolute atomic E-state index is 13.7. The summed E-state index contributed by atoms with van der Waals surface area (Å²) in [6.45, 7) is 2.95. The second kappa shape index (κ2) is 26.7. The second-order valence-corrected chi connectivity index (χ2v) is 24.1. The topological polar surface area (TPSA) is 157 Å². The number of carbonyl (C=O) groups is 2. The van der Waals surface area contributed by atoms with E-state index in [0.29, 0.717) is 44.4 Å². The van der Waals surface area contributed by atoms with Crippen molar-refractivity contribution in [3.8, 4) is 23.2 Å². The molecule has 11 nitrogen and oxygen atoms in total. The summed E-state index contributed by atoms with van der Waals surface area (Å²) in [7, 11) is 0. The highest BCUT2D eigenvalue weighted by atomic mass is 35.5. The van der Waals surface area contributed by atoms with Crippen LogP contribution in [0.15, 0.2) is 101 Å². The van der Waals surface area contributed by atoms with Crippen molar-refractivity contribution >= 4 is 122 Å². The standard InChI is InChI=1S/C27H22Cl2F3N3O3S.C12H9ClF3N3S.C10H8ClNS.C9H10ClN/c1-26(2,24(37)38)10-9-15-3-4-18(20(28)11-15)12-19(36)14-39-25-34-33-23(27(30,31)32)35(25)22-8-7-17(13-21(22)29)16-5-6-16;13-8-5-7(6-1-2-6)3-4-9(8)19-10(12(14,15)16)17-18-11(19)20;11-9-5-8(7-1-2-7)3-4-10(9)12-6-13;10-8-5-7(6-1-2-6)3-4-9(8)11/h3-4,7-8,11,13,16H,5-6,12,14H2,1-2H3,(H,37,38);3-6H,1-2H2,(H,18,20);3-5,7H,1-2H2;3-6H,1-2,11H2. The Morgan fingerprint density at radius 3 is 1.64 bits per heavy atom. The first-order valence-electron chi connectivity index (χ1n) is 25.7. The van der Waals surface area contributed by atoms with Gasteiger partial charge in [0.2, 0.25) is 11.6 Å². The number of rotatable bonds is 13. The normalized spacial score (nSPS) is 14.8. The largest absolute Gasteiger partial charge is 0.480 e. The third-order valence-electron chi connectivity index (χ3n) is 13.5. The Balaban J connectivity index is 0.000000167. The average molecular weight is 1290 g/mol. The number of hydrogen-bond acceptors (Lipinski definition) is 10. The maximum Gasteiger partial charge on any atom is 0.452 e. The summed E-state index contributed by atoms with van der Waals surface area (Å²) < 4.78 is 81.4. The molecule has 4 aliphatic rings. The molecule has 0 saturated heterocycles. The molecule has 11 rings (SSSR count). The predicted molar refractivity (Wildman–Crippen MR) is 319 cm³/mol. The van der Waals surface area contributed by atoms with Gasteiger partial charge < -0.3 is 10.8 Å². The van der Waals surface area contributed by atoms with Gasteiger partial charge in [-0.1, -0.05) is 112 Å². The van der Waals surface area contributed by atoms with Crippen molar-refractivity contribution in [1.82, 2.24) is 29.5 Å². The molecule has 4 fully saturated rings. The molecule has 0 amide bonds. The minimum absolute atomic E-state index is 0.0722. The number of aromatic nitrogens is 6. The van der Waals surface area contributed by atoms with Crippen molar-refractivity contribution < 1.29 is 41.0 Å². The zero-order valence-corrected chi connectivity index (χ0v) is 50.2. The Hall–Kier alpha value is -5.72. The lowest BCUT2D eigenvalue weighted by atomic mass is 9.94. The van der Waals surface area contributed by atoms with E-state index in [9.17, 15) is 41.0 Å². The number of isothiocyanates is 1. The van der Waals surface area contributed by atoms with Crippen LogP contribution < -0.4 is 5.73 Å². The van der Waals surface area contributed by atoms with E-state index in [4.69, 9.17) is 76.0 Å². The summed E-state index contributed by atoms with van der Waals surface area (Å²) >= 11 is 40.9. The molecule has 0 atom stereocenters. The third kappa shape index (κ3) is 17.0. The fourth-order valence-electron chi connectivity index (χ4n) is 8.23. The van der Waals surface area contributed by atoms with Crippen LogP contribution in [0.25, 0.3) is 11.4 Å². The molecule has 0 radical (unpaired) electrons. The molecule has 2 heterocycles. The third-order valence-corrected chi connectivity index (χ3v) is 16.4. The number of aliphatic imine (C=N–C) groups is 1. The second-order valence-electron chi connectivity index (χ2n) is 20.5. The van der Waals surface area contributed by atoms with Gasteiger partial charge in [0, 0.05) is 17.0 Å². The minimum Gasteiger partial charge on any atom is -0.480 e. The number of H-pyrrole nitrogens is 1. The summed E-state index contributed by atoms with van der Waals surface area (Å²) in [6, 6.07) is 26.6. The Kier molecular flexibility index (Phi) is 20.4. The summed E-state index contributed by atoms with van der Waals surface area (Å²) in [5, 5.41) is 25.8. The lowest BCUT2D eigenvalue weighted by molar-refractivity contribution is -0.147. The molecule has 83 heavy (non-hydrogen) atoms. The molecule has 434 valence electrons. The number of anilines is 1. The molecular formula is C58H49Cl5F6N8O3S3. The first kappa shape index (κ1) is 63.3. The van der Waals surface area contributed by atoms with Crippen molar-refractivity contribution in [2.75, 3.05) is 11.5 Å². The lowest BCUT2D eigenvalue weighted by Gasteiger charge is -2.14. The Bertz CT molecular complexity index is 3760. The number of aromatic amines is 1. The molecule has 5 aromatic carbocycles. The molecule has 0 unspecified atom stereocenters. The van der Waals surface area contributed by atoms with E-state index >= 15 is 0 Å². The summed E-state index contributed by atoms with van der Waals surface area (Å²) in [4.78, 5) is 27.8. The predicted octanol–water partition coefficient (Wildman–Crippen LogP) is 18.1. The molecule has 4 saturated carbocycles. The first-order chi connectivity index (χ1) is 39.2. The molecule has 0 bridgehead atoms. The number of carboxylic acids is 1. The highest BCUT2D eigenvalue weighted by Crippen LogP contribution is 2.45. The Labute approximate surface area is 513 Å². The summed E-state index contributed by atoms with van der Waals surface area (Å²) in [5.41, 5.74) is 11.6. The van der Waals surface area contributed by atoms with Crippen LogP contribution in [0.1, 0.15) is 134 Å². The fraction of sp³-hybridized carbons (Fsp3) is 0.328. The van der Waals surface area contributed by atoms with E-state index in [1.165, 1.54) is 62.8 Å². The quantitative estimate of drug-likeness (QED) is 0.0254. The van der Waals surface area contributed by atoms with Crippen LogP contribution in [0.3, 0.4) is 0 Å². The molecule has 7 aromatic rings. The number of Topliss-reactive ketones (excluding diaryl/α,β-unsaturated/α-hetero) is 1. The number of halogens is 11. The van der Waals surface area contributed by atoms with Crippen LogP contribution in [0, 0.1) is 22.0 Å². The highest BCUT2D eigenvalue weighted by molar-refractivity contribution is 7.99. The smallest absolute Gasteiger partial charge is 0.452 e. The van der Waals surface area contributed by atoms with Crippen molar-refractivity contribution in [3.63, 3.8) is 0 Å². The minimum atomic E-state index is -4.79. The Morgan fingerprint density at radius 1 is 0.687 bits per heavy atom. The number of benzene rings is 5. The number of aliphatic carboxylic acids is 1. The number of thiocarbonyl (C=S) groups is 1. The van der Waals surface area contributed by atoms with Gasteiger partial charge in [0.05, 0.1) is 53.8 Å². The number of carbonyl (C=O) groups excluding carboxylic acids is 1. The number of ketones is 1. The van der Waals surface area contributed by atoms with Crippen LogP contribution in [0.2, 0.25) is 25.1 Å². The monoisotopic (exact) mass is 1290 g/mol. The zero-order chi connectivity index (χ0) is 60.1. The van der Waals surface area contributed by atoms with Gasteiger partial charge in [-0.15, -0.1) is 15.3 Å². The van der Waals surface area contributed by atoms with E-state index < -0.39 is 35.4 Å². The van der Waals surface area contributed by atoms with Gasteiger partial charge in [-0.2, -0.15) is 31.3 Å². The summed E-state index contributed by atoms with van der Waals surface area (Å²) in [6.07, 6.45) is -0.0673. The fourth-order valence-corrected chi connectivity index (χ4v) is 10.6. The number of nitrogen functional groups attached to an aromatic ring is 1. The van der Waals surface area contributed by atoms with E-state index in [1.807, 2.05) is 24.3 Å². The van der Waals surface area contributed by atoms with Gasteiger partial charge in [0.1, 0.15) is 11.2 Å². The zero-order valence-electron chi connectivity index (χ0n) is 43.9. The molecule has 4 aliphatic carbocycles. The van der Waals surface area contributed by atoms with Gasteiger partial charge in [0.25, 0.3) is 0 Å². The van der Waals surface area contributed by atoms with Gasteiger partial charge in [-0.25, -0.2) is 0 Å². The van der Waals surface area contributed by atoms with Crippen molar-refractivity contribution in [3.05, 3.63) is 166 Å². The van der Waals surface area contributed by atoms with Gasteiger partial charge in [0.15, 0.2) is 9.93 Å². The van der Waals surface area contributed by atoms with Gasteiger partial charge in [-0.3, -0.25) is 23.8 Å². The number of hydrogen-bond donors (Lipinski definition) is 3. The molecule has 2 aromatic heterocycles. The molecule has 25 heteroatoms. The summed E-state index contributed by atoms with van der Waals surface area (Å²) in [5.74, 6) is 3.87. The molecular weight excluding hydrogens is 1240 g/mol. The van der Waals surface area contributed by atoms with Crippen molar-refractivity contribution in [1.29, 1.82) is 0 Å². The maximum atomic E-state index is 13.7. The van der Waals surface area contributed by atoms with E-state index in [-0.39, 0.29) is 54.3 Å². The lowest BCUT2D eigenvalue weighted by Crippen LogP contribution is -2.21. The Morgan fingerprint density at radius 2 is 1.18 bits per heavy atom. The first-order valence-corrected chi connectivity index (χ1v) is 29.4. The van der Waals surface area contributed by atoms with Crippen LogP contribution in [-0.2, 0) is 28.4 Å². The van der Waals surface area contributed by atoms with Crippen LogP contribution >= 0.6 is 94.2 Å². The number of thioether (sulfide) groups is 1. The van der Waals surface area contributed by atoms with E-state index in [1.54, 1.807) is 42.5 Å². The molecule has 4 N–H and O–H groups in total. The highest BCUT2D eigenvalue weighted by Gasteiger charge is 2.41. The van der Waals surface area contributed by atoms with Crippen LogP contribution in [0.4, 0.5) is 37.7 Å². The number of carboxylic acid groups (broad SMARTS) is 1. The van der Waals surface area contributed by atoms with Crippen LogP contribution in [0.5, 0.6) is 0 Å². The molecule has 0 spiro atoms. The van der Waals surface area contributed by atoms with Crippen molar-refractivity contribution in [2.45, 2.75) is 113 Å². The van der Waals surface area contributed by atoms with Gasteiger partial charge in [-0.05, 0) is 202 Å². The van der Waals surface area contributed by atoms with E-state index in [0.717, 1.165) is 69.5 Å². The number of alkyl halides is 6. The van der Waals surface area contributed by atoms with Gasteiger partial charge >= 0.3 is 18.3 Å². The number of nitrogens with two attached hydrogens (primary N) is 1. The molecule has 0 aliphatic heterocycles.